The maximum atomic E-state index is 13.8. The molecule has 9 nitrogen and oxygen atoms in total. The number of aromatic amines is 1. The second-order valence-electron chi connectivity index (χ2n) is 8.10. The molecule has 0 aliphatic heterocycles. The van der Waals surface area contributed by atoms with E-state index in [1.165, 1.54) is 12.1 Å². The summed E-state index contributed by atoms with van der Waals surface area (Å²) >= 11 is 0. The van der Waals surface area contributed by atoms with Crippen molar-refractivity contribution in [3.63, 3.8) is 0 Å². The van der Waals surface area contributed by atoms with Crippen LogP contribution in [0.5, 0.6) is 5.75 Å². The Hall–Kier alpha value is -3.15. The van der Waals surface area contributed by atoms with Crippen molar-refractivity contribution in [3.8, 4) is 5.75 Å². The number of aromatic nitrogens is 1. The van der Waals surface area contributed by atoms with E-state index in [4.69, 9.17) is 9.47 Å². The van der Waals surface area contributed by atoms with Gasteiger partial charge >= 0.3 is 5.97 Å². The van der Waals surface area contributed by atoms with Crippen molar-refractivity contribution >= 4 is 32.6 Å². The van der Waals surface area contributed by atoms with Gasteiger partial charge in [0, 0.05) is 35.8 Å². The summed E-state index contributed by atoms with van der Waals surface area (Å²) in [4.78, 5) is 15.1. The number of aliphatic hydroxyl groups is 1. The summed E-state index contributed by atoms with van der Waals surface area (Å²) in [7, 11) is -3.64. The molecular formula is C24H30FN3O6S. The summed E-state index contributed by atoms with van der Waals surface area (Å²) in [6, 6.07) is 9.36. The SMILES string of the molecule is CCOC(=O)Cc1c(C)[nH]c2cc(OCCNC[C@H](O)c3ccc(F)c(NS(C)(=O)=O)c3)ccc12. The summed E-state index contributed by atoms with van der Waals surface area (Å²) in [6.45, 7) is 4.96. The zero-order valence-corrected chi connectivity index (χ0v) is 20.7. The number of H-pyrrole nitrogens is 1. The first kappa shape index (κ1) is 26.5. The van der Waals surface area contributed by atoms with Crippen LogP contribution in [0.25, 0.3) is 10.9 Å². The number of hydrogen-bond donors (Lipinski definition) is 4. The highest BCUT2D eigenvalue weighted by atomic mass is 32.2. The first-order valence-electron chi connectivity index (χ1n) is 11.1. The summed E-state index contributed by atoms with van der Waals surface area (Å²) in [5.41, 5.74) is 2.82. The van der Waals surface area contributed by atoms with Crippen LogP contribution in [0, 0.1) is 12.7 Å². The van der Waals surface area contributed by atoms with Gasteiger partial charge in [0.1, 0.15) is 18.2 Å². The molecule has 0 aliphatic rings. The number of nitrogens with one attached hydrogen (secondary N) is 3. The minimum Gasteiger partial charge on any atom is -0.492 e. The van der Waals surface area contributed by atoms with Crippen LogP contribution in [-0.4, -0.2) is 57.0 Å². The summed E-state index contributed by atoms with van der Waals surface area (Å²) in [6.07, 6.45) is 0.159. The van der Waals surface area contributed by atoms with Gasteiger partial charge in [0.05, 0.1) is 31.1 Å². The molecule has 1 atom stereocenters. The average molecular weight is 508 g/mol. The predicted octanol–water partition coefficient (Wildman–Crippen LogP) is 2.79. The lowest BCUT2D eigenvalue weighted by Crippen LogP contribution is -2.26. The number of aliphatic hydroxyl groups excluding tert-OH is 1. The first-order valence-corrected chi connectivity index (χ1v) is 13.0. The summed E-state index contributed by atoms with van der Waals surface area (Å²) < 4.78 is 49.5. The Balaban J connectivity index is 1.51. The number of halogens is 1. The number of sulfonamides is 1. The average Bonchev–Trinajstić information content (AvgIpc) is 3.08. The van der Waals surface area contributed by atoms with E-state index in [-0.39, 0.29) is 24.6 Å². The highest BCUT2D eigenvalue weighted by Crippen LogP contribution is 2.27. The number of hydrogen-bond acceptors (Lipinski definition) is 7. The number of aryl methyl sites for hydroxylation is 1. The van der Waals surface area contributed by atoms with Crippen molar-refractivity contribution in [2.75, 3.05) is 37.3 Å². The first-order chi connectivity index (χ1) is 16.6. The van der Waals surface area contributed by atoms with E-state index in [1.54, 1.807) is 6.92 Å². The molecule has 0 aliphatic carbocycles. The highest BCUT2D eigenvalue weighted by molar-refractivity contribution is 7.92. The van der Waals surface area contributed by atoms with Gasteiger partial charge in [0.2, 0.25) is 10.0 Å². The molecule has 0 unspecified atom stereocenters. The second-order valence-corrected chi connectivity index (χ2v) is 9.85. The quantitative estimate of drug-likeness (QED) is 0.219. The van der Waals surface area contributed by atoms with Gasteiger partial charge in [-0.2, -0.15) is 0 Å². The number of anilines is 1. The van der Waals surface area contributed by atoms with Gasteiger partial charge in [-0.1, -0.05) is 6.07 Å². The van der Waals surface area contributed by atoms with Crippen LogP contribution in [-0.2, 0) is 26.0 Å². The predicted molar refractivity (Wildman–Crippen MR) is 132 cm³/mol. The third-order valence-electron chi connectivity index (χ3n) is 5.27. The fourth-order valence-electron chi connectivity index (χ4n) is 3.67. The molecule has 0 amide bonds. The van der Waals surface area contributed by atoms with Crippen LogP contribution in [0.3, 0.4) is 0 Å². The van der Waals surface area contributed by atoms with Gasteiger partial charge < -0.3 is 24.9 Å². The fraction of sp³-hybridized carbons (Fsp3) is 0.375. The summed E-state index contributed by atoms with van der Waals surface area (Å²) in [5.74, 6) is -0.345. The van der Waals surface area contributed by atoms with E-state index in [1.807, 2.05) is 25.1 Å². The number of carbonyl (C=O) groups excluding carboxylic acids is 1. The molecule has 0 saturated heterocycles. The van der Waals surface area contributed by atoms with Crippen LogP contribution in [0.1, 0.15) is 29.8 Å². The molecular weight excluding hydrogens is 477 g/mol. The zero-order valence-electron chi connectivity index (χ0n) is 19.9. The molecule has 11 heteroatoms. The van der Waals surface area contributed by atoms with Crippen molar-refractivity contribution in [2.45, 2.75) is 26.4 Å². The number of carbonyl (C=O) groups is 1. The lowest BCUT2D eigenvalue weighted by atomic mass is 10.1. The van der Waals surface area contributed by atoms with E-state index >= 15 is 0 Å². The van der Waals surface area contributed by atoms with Crippen molar-refractivity contribution < 1.29 is 32.2 Å². The van der Waals surface area contributed by atoms with Crippen molar-refractivity contribution in [1.82, 2.24) is 10.3 Å². The highest BCUT2D eigenvalue weighted by Gasteiger charge is 2.15. The monoisotopic (exact) mass is 507 g/mol. The molecule has 1 heterocycles. The third-order valence-corrected chi connectivity index (χ3v) is 5.86. The minimum atomic E-state index is -3.64. The Morgan fingerprint density at radius 2 is 2.00 bits per heavy atom. The van der Waals surface area contributed by atoms with Gasteiger partial charge in [-0.3, -0.25) is 9.52 Å². The van der Waals surface area contributed by atoms with Crippen LogP contribution in [0.15, 0.2) is 36.4 Å². The van der Waals surface area contributed by atoms with Crippen molar-refractivity contribution in [1.29, 1.82) is 0 Å². The van der Waals surface area contributed by atoms with E-state index in [0.29, 0.717) is 31.1 Å². The number of esters is 1. The Labute approximate surface area is 203 Å². The maximum Gasteiger partial charge on any atom is 0.310 e. The molecule has 0 fully saturated rings. The van der Waals surface area contributed by atoms with E-state index in [9.17, 15) is 22.7 Å². The van der Waals surface area contributed by atoms with E-state index in [0.717, 1.165) is 34.5 Å². The van der Waals surface area contributed by atoms with Crippen LogP contribution >= 0.6 is 0 Å². The van der Waals surface area contributed by atoms with E-state index in [2.05, 4.69) is 15.0 Å². The topological polar surface area (TPSA) is 130 Å². The molecule has 35 heavy (non-hydrogen) atoms. The molecule has 2 aromatic carbocycles. The second kappa shape index (κ2) is 11.5. The van der Waals surface area contributed by atoms with Crippen LogP contribution in [0.4, 0.5) is 10.1 Å². The normalized spacial score (nSPS) is 12.5. The summed E-state index contributed by atoms with van der Waals surface area (Å²) in [5, 5.41) is 14.3. The molecule has 1 aromatic heterocycles. The maximum absolute atomic E-state index is 13.8. The number of rotatable bonds is 12. The van der Waals surface area contributed by atoms with Gasteiger partial charge in [0.25, 0.3) is 0 Å². The molecule has 0 saturated carbocycles. The Bertz CT molecular complexity index is 1290. The lowest BCUT2D eigenvalue weighted by molar-refractivity contribution is -0.142. The Kier molecular flexibility index (Phi) is 8.71. The molecule has 0 spiro atoms. The van der Waals surface area contributed by atoms with E-state index < -0.39 is 21.9 Å². The molecule has 4 N–H and O–H groups in total. The van der Waals surface area contributed by atoms with Gasteiger partial charge in [-0.05, 0) is 49.2 Å². The molecule has 3 rings (SSSR count). The smallest absolute Gasteiger partial charge is 0.310 e. The molecule has 3 aromatic rings. The van der Waals surface area contributed by atoms with Crippen molar-refractivity contribution in [3.05, 3.63) is 59.0 Å². The number of benzene rings is 2. The van der Waals surface area contributed by atoms with Crippen LogP contribution in [0.2, 0.25) is 0 Å². The third kappa shape index (κ3) is 7.41. The Morgan fingerprint density at radius 3 is 2.71 bits per heavy atom. The number of fused-ring (bicyclic) bond motifs is 1. The minimum absolute atomic E-state index is 0.166. The van der Waals surface area contributed by atoms with Gasteiger partial charge in [-0.25, -0.2) is 12.8 Å². The molecule has 190 valence electrons. The molecule has 0 radical (unpaired) electrons. The number of ether oxygens (including phenoxy) is 2. The van der Waals surface area contributed by atoms with Crippen molar-refractivity contribution in [2.24, 2.45) is 0 Å². The standard InChI is InChI=1S/C24H30FN3O6S/c1-4-33-24(30)13-19-15(2)27-21-12-17(6-7-18(19)21)34-10-9-26-14-23(29)16-5-8-20(25)22(11-16)28-35(3,31)32/h5-8,11-12,23,26-29H,4,9-10,13-14H2,1-3H3/t23-/m0/s1. The largest absolute Gasteiger partial charge is 0.492 e. The van der Waals surface area contributed by atoms with Crippen LogP contribution < -0.4 is 14.8 Å². The van der Waals surface area contributed by atoms with Gasteiger partial charge in [0.15, 0.2) is 0 Å². The Morgan fingerprint density at radius 1 is 1.23 bits per heavy atom. The lowest BCUT2D eigenvalue weighted by Gasteiger charge is -2.14. The zero-order chi connectivity index (χ0) is 25.6. The molecule has 0 bridgehead atoms. The van der Waals surface area contributed by atoms with Gasteiger partial charge in [-0.15, -0.1) is 0 Å². The fourth-order valence-corrected chi connectivity index (χ4v) is 4.23.